The van der Waals surface area contributed by atoms with Crippen molar-refractivity contribution in [3.8, 4) is 22.9 Å². The average molecular weight is 507 g/mol. The Labute approximate surface area is 210 Å². The monoisotopic (exact) mass is 506 g/mol. The summed E-state index contributed by atoms with van der Waals surface area (Å²) in [5.74, 6) is 0.653. The fourth-order valence-corrected chi connectivity index (χ4v) is 5.12. The highest BCUT2D eigenvalue weighted by Crippen LogP contribution is 2.38. The Morgan fingerprint density at radius 1 is 1.08 bits per heavy atom. The van der Waals surface area contributed by atoms with Gasteiger partial charge in [0.25, 0.3) is 0 Å². The molecule has 0 unspecified atom stereocenters. The molecule has 4 heterocycles. The van der Waals surface area contributed by atoms with Crippen LogP contribution in [0.4, 0.5) is 8.78 Å². The molecule has 0 saturated carbocycles. The van der Waals surface area contributed by atoms with Crippen molar-refractivity contribution in [3.63, 3.8) is 0 Å². The van der Waals surface area contributed by atoms with E-state index < -0.39 is 12.0 Å². The maximum atomic E-state index is 15.3. The number of halogens is 3. The molecule has 0 spiro atoms. The first-order valence-corrected chi connectivity index (χ1v) is 11.9. The van der Waals surface area contributed by atoms with Gasteiger partial charge in [-0.3, -0.25) is 4.98 Å². The Hall–Kier alpha value is -3.69. The predicted octanol–water partition coefficient (Wildman–Crippen LogP) is 5.81. The number of ether oxygens (including phenoxy) is 1. The average Bonchev–Trinajstić information content (AvgIpc) is 3.21. The zero-order valence-electron chi connectivity index (χ0n) is 19.3. The van der Waals surface area contributed by atoms with Gasteiger partial charge in [0.2, 0.25) is 0 Å². The van der Waals surface area contributed by atoms with Crippen LogP contribution >= 0.6 is 11.6 Å². The highest BCUT2D eigenvalue weighted by molar-refractivity contribution is 6.33. The third-order valence-electron chi connectivity index (χ3n) is 6.47. The molecule has 6 rings (SSSR count). The fraction of sp³-hybridized carbons (Fsp3) is 0.231. The van der Waals surface area contributed by atoms with E-state index in [1.54, 1.807) is 48.9 Å². The number of nitrogens with one attached hydrogen (secondary N) is 1. The summed E-state index contributed by atoms with van der Waals surface area (Å²) in [4.78, 5) is 17.1. The lowest BCUT2D eigenvalue weighted by atomic mass is 10.0. The van der Waals surface area contributed by atoms with Crippen LogP contribution in [0, 0.1) is 12.7 Å². The lowest BCUT2D eigenvalue weighted by Gasteiger charge is -2.29. The van der Waals surface area contributed by atoms with E-state index in [0.29, 0.717) is 57.1 Å². The molecule has 5 aromatic rings. The zero-order valence-corrected chi connectivity index (χ0v) is 20.0. The molecule has 0 radical (unpaired) electrons. The second-order valence-electron chi connectivity index (χ2n) is 8.72. The summed E-state index contributed by atoms with van der Waals surface area (Å²) in [6, 6.07) is 9.55. The summed E-state index contributed by atoms with van der Waals surface area (Å²) < 4.78 is 37.8. The van der Waals surface area contributed by atoms with E-state index in [1.165, 1.54) is 6.07 Å². The number of pyridine rings is 1. The van der Waals surface area contributed by atoms with E-state index in [2.05, 4.69) is 25.3 Å². The molecule has 1 aliphatic rings. The SMILES string of the molecule is Cc1nc2cnc3cc(F)c(-c4ccc(Oc5ncccn5)cc4Cl)cc3c2n1[C@H]1CCNC[C@H]1F. The summed E-state index contributed by atoms with van der Waals surface area (Å²) >= 11 is 6.57. The van der Waals surface area contributed by atoms with Gasteiger partial charge in [0.1, 0.15) is 29.1 Å². The minimum Gasteiger partial charge on any atom is -0.424 e. The molecule has 1 fully saturated rings. The van der Waals surface area contributed by atoms with Crippen LogP contribution in [-0.2, 0) is 0 Å². The van der Waals surface area contributed by atoms with Crippen molar-refractivity contribution in [1.29, 1.82) is 0 Å². The van der Waals surface area contributed by atoms with Gasteiger partial charge in [0.15, 0.2) is 0 Å². The summed E-state index contributed by atoms with van der Waals surface area (Å²) in [5.41, 5.74) is 2.64. The molecule has 182 valence electrons. The smallest absolute Gasteiger partial charge is 0.321 e. The van der Waals surface area contributed by atoms with E-state index in [1.807, 2.05) is 11.5 Å². The van der Waals surface area contributed by atoms with Gasteiger partial charge < -0.3 is 14.6 Å². The highest BCUT2D eigenvalue weighted by Gasteiger charge is 2.29. The summed E-state index contributed by atoms with van der Waals surface area (Å²) in [6.45, 7) is 2.85. The molecule has 2 aromatic carbocycles. The number of piperidine rings is 1. The number of hydrogen-bond acceptors (Lipinski definition) is 6. The number of rotatable bonds is 4. The number of aromatic nitrogens is 5. The van der Waals surface area contributed by atoms with Crippen LogP contribution in [0.3, 0.4) is 0 Å². The first-order valence-electron chi connectivity index (χ1n) is 11.6. The maximum absolute atomic E-state index is 15.3. The van der Waals surface area contributed by atoms with E-state index in [0.717, 1.165) is 5.52 Å². The molecular weight excluding hydrogens is 486 g/mol. The third-order valence-corrected chi connectivity index (χ3v) is 6.78. The van der Waals surface area contributed by atoms with Crippen LogP contribution in [0.25, 0.3) is 33.1 Å². The van der Waals surface area contributed by atoms with Crippen LogP contribution < -0.4 is 10.1 Å². The number of hydrogen-bond donors (Lipinski definition) is 1. The molecular formula is C26H21ClF2N6O. The number of benzene rings is 2. The van der Waals surface area contributed by atoms with E-state index in [9.17, 15) is 4.39 Å². The number of alkyl halides is 1. The summed E-state index contributed by atoms with van der Waals surface area (Å²) in [7, 11) is 0. The Morgan fingerprint density at radius 2 is 1.92 bits per heavy atom. The molecule has 7 nitrogen and oxygen atoms in total. The van der Waals surface area contributed by atoms with Gasteiger partial charge in [0, 0.05) is 47.6 Å². The van der Waals surface area contributed by atoms with Crippen molar-refractivity contribution in [3.05, 3.63) is 71.7 Å². The Bertz CT molecular complexity index is 1590. The van der Waals surface area contributed by atoms with Gasteiger partial charge in [-0.1, -0.05) is 11.6 Å². The largest absolute Gasteiger partial charge is 0.424 e. The second-order valence-corrected chi connectivity index (χ2v) is 9.13. The first kappa shape index (κ1) is 22.8. The minimum absolute atomic E-state index is 0.180. The van der Waals surface area contributed by atoms with Crippen molar-refractivity contribution < 1.29 is 13.5 Å². The Morgan fingerprint density at radius 3 is 2.69 bits per heavy atom. The summed E-state index contributed by atoms with van der Waals surface area (Å²) in [5, 5.41) is 4.08. The fourth-order valence-electron chi connectivity index (χ4n) is 4.85. The second kappa shape index (κ2) is 9.07. The van der Waals surface area contributed by atoms with Crippen molar-refractivity contribution in [2.45, 2.75) is 25.6 Å². The number of fused-ring (bicyclic) bond motifs is 3. The molecule has 0 amide bonds. The lowest BCUT2D eigenvalue weighted by Crippen LogP contribution is -2.39. The van der Waals surface area contributed by atoms with Gasteiger partial charge in [-0.25, -0.2) is 23.7 Å². The minimum atomic E-state index is -1.06. The molecule has 36 heavy (non-hydrogen) atoms. The lowest BCUT2D eigenvalue weighted by molar-refractivity contribution is 0.185. The molecule has 0 aliphatic carbocycles. The molecule has 3 aromatic heterocycles. The van der Waals surface area contributed by atoms with Crippen molar-refractivity contribution in [2.24, 2.45) is 0 Å². The van der Waals surface area contributed by atoms with Gasteiger partial charge >= 0.3 is 6.01 Å². The van der Waals surface area contributed by atoms with E-state index in [-0.39, 0.29) is 18.6 Å². The topological polar surface area (TPSA) is 77.8 Å². The summed E-state index contributed by atoms with van der Waals surface area (Å²) in [6.07, 6.45) is 4.31. The molecule has 0 bridgehead atoms. The van der Waals surface area contributed by atoms with Gasteiger partial charge in [0.05, 0.1) is 28.3 Å². The van der Waals surface area contributed by atoms with Gasteiger partial charge in [-0.2, -0.15) is 0 Å². The molecule has 1 N–H and O–H groups in total. The predicted molar refractivity (Wildman–Crippen MR) is 134 cm³/mol. The third kappa shape index (κ3) is 3.94. The maximum Gasteiger partial charge on any atom is 0.321 e. The Balaban J connectivity index is 1.48. The van der Waals surface area contributed by atoms with Crippen LogP contribution in [-0.4, -0.2) is 43.8 Å². The van der Waals surface area contributed by atoms with Crippen LogP contribution in [0.1, 0.15) is 18.3 Å². The van der Waals surface area contributed by atoms with Crippen molar-refractivity contribution in [1.82, 2.24) is 29.8 Å². The Kier molecular flexibility index (Phi) is 5.73. The van der Waals surface area contributed by atoms with Crippen LogP contribution in [0.5, 0.6) is 11.8 Å². The molecule has 1 saturated heterocycles. The van der Waals surface area contributed by atoms with Crippen molar-refractivity contribution in [2.75, 3.05) is 13.1 Å². The molecule has 10 heteroatoms. The zero-order chi connectivity index (χ0) is 24.8. The normalized spacial score (nSPS) is 18.1. The first-order chi connectivity index (χ1) is 17.5. The quantitative estimate of drug-likeness (QED) is 0.331. The highest BCUT2D eigenvalue weighted by atomic mass is 35.5. The number of imidazole rings is 1. The van der Waals surface area contributed by atoms with Gasteiger partial charge in [-0.05, 0) is 44.2 Å². The van der Waals surface area contributed by atoms with Crippen molar-refractivity contribution >= 4 is 33.5 Å². The van der Waals surface area contributed by atoms with E-state index >= 15 is 4.39 Å². The van der Waals surface area contributed by atoms with Crippen LogP contribution in [0.2, 0.25) is 5.02 Å². The standard InChI is InChI=1S/C26H21ClF2N6O/c1-14-34-23-13-33-22-11-20(28)17(10-18(22)25(23)35(14)24-5-8-30-12-21(24)29)16-4-3-15(9-19(16)27)36-26-31-6-2-7-32-26/h2-4,6-7,9-11,13,21,24,30H,5,8,12H2,1H3/t21-,24+/m1/s1. The molecule has 1 aliphatic heterocycles. The van der Waals surface area contributed by atoms with Gasteiger partial charge in [-0.15, -0.1) is 0 Å². The number of aryl methyl sites for hydroxylation is 1. The van der Waals surface area contributed by atoms with E-state index in [4.69, 9.17) is 16.3 Å². The number of nitrogens with zero attached hydrogens (tertiary/aromatic N) is 5. The molecule has 2 atom stereocenters. The van der Waals surface area contributed by atoms with Crippen LogP contribution in [0.15, 0.2) is 55.0 Å².